The lowest BCUT2D eigenvalue weighted by molar-refractivity contribution is -0.174. The number of piperidine rings is 1. The normalized spacial score (nSPS) is 16.9. The van der Waals surface area contributed by atoms with Crippen molar-refractivity contribution in [3.05, 3.63) is 54.5 Å². The van der Waals surface area contributed by atoms with E-state index in [1.165, 1.54) is 0 Å². The Kier molecular flexibility index (Phi) is 5.97. The fourth-order valence-electron chi connectivity index (χ4n) is 4.71. The molecule has 3 N–H and O–H groups in total. The van der Waals surface area contributed by atoms with Gasteiger partial charge >= 0.3 is 0 Å². The molecule has 1 atom stereocenters. The van der Waals surface area contributed by atoms with E-state index in [0.29, 0.717) is 18.3 Å². The third-order valence-electron chi connectivity index (χ3n) is 6.33. The van der Waals surface area contributed by atoms with Crippen LogP contribution in [0.25, 0.3) is 27.7 Å². The highest BCUT2D eigenvalue weighted by atomic mass is 16.6. The minimum absolute atomic E-state index is 0.307. The van der Waals surface area contributed by atoms with Gasteiger partial charge in [-0.25, -0.2) is 4.98 Å². The molecule has 4 heterocycles. The summed E-state index contributed by atoms with van der Waals surface area (Å²) in [4.78, 5) is 11.9. The summed E-state index contributed by atoms with van der Waals surface area (Å²) < 4.78 is 7.36. The van der Waals surface area contributed by atoms with Crippen molar-refractivity contribution in [2.75, 3.05) is 25.4 Å². The van der Waals surface area contributed by atoms with Gasteiger partial charge in [-0.3, -0.25) is 9.88 Å². The number of benzene rings is 1. The van der Waals surface area contributed by atoms with Crippen molar-refractivity contribution >= 4 is 22.4 Å². The van der Waals surface area contributed by atoms with E-state index in [1.54, 1.807) is 4.52 Å². The SMILES string of the molecule is CC(C)(C)OC(O)CN1CCC(c2cc(N)n3ncc(-c4cnc5ccccc5c4)c3n2)CC1. The summed E-state index contributed by atoms with van der Waals surface area (Å²) >= 11 is 0. The van der Waals surface area contributed by atoms with Gasteiger partial charge in [0.2, 0.25) is 0 Å². The molecule has 1 aliphatic rings. The molecule has 1 fully saturated rings. The maximum atomic E-state index is 10.2. The van der Waals surface area contributed by atoms with Crippen LogP contribution in [0.1, 0.15) is 45.2 Å². The first-order chi connectivity index (χ1) is 16.3. The predicted octanol–water partition coefficient (Wildman–Crippen LogP) is 3.84. The summed E-state index contributed by atoms with van der Waals surface area (Å²) in [6, 6.07) is 12.1. The molecule has 1 saturated heterocycles. The number of aliphatic hydroxyl groups excluding tert-OH is 1. The van der Waals surface area contributed by atoms with E-state index in [9.17, 15) is 5.11 Å². The second-order valence-electron chi connectivity index (χ2n) is 10.1. The highest BCUT2D eigenvalue weighted by Crippen LogP contribution is 2.32. The summed E-state index contributed by atoms with van der Waals surface area (Å²) in [7, 11) is 0. The van der Waals surface area contributed by atoms with E-state index in [1.807, 2.05) is 57.4 Å². The number of para-hydroxylation sites is 1. The number of hydrogen-bond donors (Lipinski definition) is 2. The second kappa shape index (κ2) is 8.94. The van der Waals surface area contributed by atoms with Crippen molar-refractivity contribution < 1.29 is 9.84 Å². The third-order valence-corrected chi connectivity index (χ3v) is 6.33. The number of nitrogen functional groups attached to an aromatic ring is 1. The average Bonchev–Trinajstić information content (AvgIpc) is 3.22. The largest absolute Gasteiger partial charge is 0.384 e. The minimum Gasteiger partial charge on any atom is -0.384 e. The molecule has 1 unspecified atom stereocenters. The fraction of sp³-hybridized carbons (Fsp3) is 0.423. The number of β-amino-alcohol motifs (C(OH)–C–C–N with tert-alkyl or cyclic N) is 1. The van der Waals surface area contributed by atoms with Gasteiger partial charge in [0, 0.05) is 46.9 Å². The molecule has 5 rings (SSSR count). The van der Waals surface area contributed by atoms with E-state index >= 15 is 0 Å². The number of likely N-dealkylation sites (tertiary alicyclic amines) is 1. The molecule has 1 aliphatic heterocycles. The Morgan fingerprint density at radius 3 is 2.68 bits per heavy atom. The molecule has 0 saturated carbocycles. The molecule has 3 aromatic heterocycles. The molecule has 8 heteroatoms. The Hall–Kier alpha value is -3.07. The number of nitrogens with zero attached hydrogens (tertiary/aromatic N) is 5. The molecule has 8 nitrogen and oxygen atoms in total. The van der Waals surface area contributed by atoms with E-state index in [4.69, 9.17) is 15.5 Å². The first-order valence-corrected chi connectivity index (χ1v) is 11.8. The number of anilines is 1. The van der Waals surface area contributed by atoms with Crippen LogP contribution in [0.5, 0.6) is 0 Å². The molecular weight excluding hydrogens is 428 g/mol. The summed E-state index contributed by atoms with van der Waals surface area (Å²) in [6.07, 6.45) is 4.80. The molecule has 0 bridgehead atoms. The summed E-state index contributed by atoms with van der Waals surface area (Å²) in [6.45, 7) is 8.12. The molecule has 4 aromatic rings. The van der Waals surface area contributed by atoms with Crippen LogP contribution in [0.15, 0.2) is 48.8 Å². The van der Waals surface area contributed by atoms with Gasteiger partial charge in [0.05, 0.1) is 17.3 Å². The van der Waals surface area contributed by atoms with Crippen molar-refractivity contribution in [1.29, 1.82) is 0 Å². The van der Waals surface area contributed by atoms with Gasteiger partial charge < -0.3 is 15.6 Å². The maximum absolute atomic E-state index is 10.2. The molecule has 34 heavy (non-hydrogen) atoms. The Bertz CT molecular complexity index is 1300. The molecule has 1 aromatic carbocycles. The van der Waals surface area contributed by atoms with Gasteiger partial charge in [-0.1, -0.05) is 18.2 Å². The van der Waals surface area contributed by atoms with Crippen LogP contribution >= 0.6 is 0 Å². The van der Waals surface area contributed by atoms with Crippen LogP contribution in [-0.4, -0.2) is 61.1 Å². The fourth-order valence-corrected chi connectivity index (χ4v) is 4.71. The lowest BCUT2D eigenvalue weighted by atomic mass is 9.93. The smallest absolute Gasteiger partial charge is 0.167 e. The lowest BCUT2D eigenvalue weighted by Crippen LogP contribution is -2.41. The van der Waals surface area contributed by atoms with Gasteiger partial charge in [0.25, 0.3) is 0 Å². The van der Waals surface area contributed by atoms with Gasteiger partial charge in [-0.05, 0) is 58.8 Å². The average molecular weight is 461 g/mol. The number of pyridine rings is 1. The zero-order valence-corrected chi connectivity index (χ0v) is 20.0. The van der Waals surface area contributed by atoms with Crippen LogP contribution in [0.3, 0.4) is 0 Å². The molecule has 178 valence electrons. The predicted molar refractivity (Wildman–Crippen MR) is 133 cm³/mol. The first-order valence-electron chi connectivity index (χ1n) is 11.8. The van der Waals surface area contributed by atoms with Crippen molar-refractivity contribution in [2.45, 2.75) is 51.4 Å². The topological polar surface area (TPSA) is 102 Å². The Balaban J connectivity index is 1.36. The highest BCUT2D eigenvalue weighted by molar-refractivity contribution is 5.86. The van der Waals surface area contributed by atoms with E-state index < -0.39 is 6.29 Å². The lowest BCUT2D eigenvalue weighted by Gasteiger charge is -2.34. The minimum atomic E-state index is -0.786. The number of nitrogens with two attached hydrogens (primary N) is 1. The zero-order valence-electron chi connectivity index (χ0n) is 20.0. The number of fused-ring (bicyclic) bond motifs is 2. The maximum Gasteiger partial charge on any atom is 0.167 e. The molecule has 0 spiro atoms. The first kappa shape index (κ1) is 22.7. The van der Waals surface area contributed by atoms with Gasteiger partial charge in [-0.15, -0.1) is 0 Å². The Labute approximate surface area is 199 Å². The molecular formula is C26H32N6O2. The number of ether oxygens (including phenoxy) is 1. The van der Waals surface area contributed by atoms with E-state index in [2.05, 4.69) is 27.1 Å². The molecule has 0 amide bonds. The van der Waals surface area contributed by atoms with Crippen molar-refractivity contribution in [1.82, 2.24) is 24.5 Å². The standard InChI is InChI=1S/C26H32N6O2/c1-26(2,3)34-24(33)16-31-10-8-17(9-11-31)22-13-23(27)32-25(30-22)20(15-29-32)19-12-18-6-4-5-7-21(18)28-14-19/h4-7,12-15,17,24,33H,8-11,16,27H2,1-3H3. The van der Waals surface area contributed by atoms with Crippen LogP contribution in [0.4, 0.5) is 5.82 Å². The number of rotatable bonds is 5. The van der Waals surface area contributed by atoms with Crippen molar-refractivity contribution in [3.8, 4) is 11.1 Å². The van der Waals surface area contributed by atoms with Crippen molar-refractivity contribution in [3.63, 3.8) is 0 Å². The van der Waals surface area contributed by atoms with Crippen LogP contribution < -0.4 is 5.73 Å². The zero-order chi connectivity index (χ0) is 23.9. The van der Waals surface area contributed by atoms with Gasteiger partial charge in [0.15, 0.2) is 11.9 Å². The summed E-state index contributed by atoms with van der Waals surface area (Å²) in [5, 5.41) is 15.8. The Morgan fingerprint density at radius 1 is 1.15 bits per heavy atom. The number of hydrogen-bond acceptors (Lipinski definition) is 7. The van der Waals surface area contributed by atoms with Crippen LogP contribution in [-0.2, 0) is 4.74 Å². The van der Waals surface area contributed by atoms with Crippen molar-refractivity contribution in [2.24, 2.45) is 0 Å². The Morgan fingerprint density at radius 2 is 1.91 bits per heavy atom. The number of aliphatic hydroxyl groups is 1. The van der Waals surface area contributed by atoms with E-state index in [0.717, 1.165) is 59.3 Å². The van der Waals surface area contributed by atoms with E-state index in [-0.39, 0.29) is 5.60 Å². The molecule has 0 aliphatic carbocycles. The third kappa shape index (κ3) is 4.75. The van der Waals surface area contributed by atoms with Gasteiger partial charge in [-0.2, -0.15) is 9.61 Å². The second-order valence-corrected chi connectivity index (χ2v) is 10.1. The van der Waals surface area contributed by atoms with Gasteiger partial charge in [0.1, 0.15) is 5.82 Å². The summed E-state index contributed by atoms with van der Waals surface area (Å²) in [5.74, 6) is 0.887. The summed E-state index contributed by atoms with van der Waals surface area (Å²) in [5.41, 5.74) is 10.6. The van der Waals surface area contributed by atoms with Crippen LogP contribution in [0, 0.1) is 0 Å². The number of aromatic nitrogens is 4. The monoisotopic (exact) mass is 460 g/mol. The quantitative estimate of drug-likeness (QED) is 0.436. The molecule has 0 radical (unpaired) electrons. The van der Waals surface area contributed by atoms with Crippen LogP contribution in [0.2, 0.25) is 0 Å². The highest BCUT2D eigenvalue weighted by Gasteiger charge is 2.26.